The fourth-order valence-corrected chi connectivity index (χ4v) is 3.58. The van der Waals surface area contributed by atoms with Crippen molar-refractivity contribution >= 4 is 17.7 Å². The maximum Gasteiger partial charge on any atom is 0.328 e. The van der Waals surface area contributed by atoms with Crippen molar-refractivity contribution in [1.82, 2.24) is 14.9 Å². The number of hydrogen-bond donors (Lipinski definition) is 2. The molecule has 1 atom stereocenters. The van der Waals surface area contributed by atoms with Gasteiger partial charge in [-0.1, -0.05) is 0 Å². The Labute approximate surface area is 134 Å². The Morgan fingerprint density at radius 3 is 3.00 bits per heavy atom. The molecule has 0 fully saturated rings. The van der Waals surface area contributed by atoms with Gasteiger partial charge >= 0.3 is 5.69 Å². The summed E-state index contributed by atoms with van der Waals surface area (Å²) in [7, 11) is 0. The number of amides is 1. The summed E-state index contributed by atoms with van der Waals surface area (Å²) in [4.78, 5) is 37.8. The van der Waals surface area contributed by atoms with E-state index in [-0.39, 0.29) is 24.3 Å². The largest absolute Gasteiger partial charge is 0.348 e. The van der Waals surface area contributed by atoms with Crippen molar-refractivity contribution in [2.75, 3.05) is 5.75 Å². The molecule has 6 nitrogen and oxygen atoms in total. The van der Waals surface area contributed by atoms with E-state index in [1.165, 1.54) is 24.4 Å². The van der Waals surface area contributed by atoms with Gasteiger partial charge in [0.2, 0.25) is 5.91 Å². The second kappa shape index (κ2) is 6.41. The first kappa shape index (κ1) is 15.5. The van der Waals surface area contributed by atoms with Crippen LogP contribution in [0.25, 0.3) is 0 Å². The Balaban J connectivity index is 1.75. The van der Waals surface area contributed by atoms with Gasteiger partial charge in [0.1, 0.15) is 12.4 Å². The van der Waals surface area contributed by atoms with Gasteiger partial charge in [-0.3, -0.25) is 19.1 Å². The average Bonchev–Trinajstić information content (AvgIpc) is 2.51. The molecule has 0 saturated heterocycles. The van der Waals surface area contributed by atoms with Gasteiger partial charge in [0.15, 0.2) is 0 Å². The van der Waals surface area contributed by atoms with Gasteiger partial charge in [0.05, 0.1) is 6.04 Å². The molecule has 0 unspecified atom stereocenters. The van der Waals surface area contributed by atoms with Crippen molar-refractivity contribution in [3.8, 4) is 0 Å². The van der Waals surface area contributed by atoms with Gasteiger partial charge in [-0.05, 0) is 30.2 Å². The standard InChI is InChI=1S/C15H14FN3O3S/c16-9-1-2-12-10(7-9)11(4-6-23-12)17-14(21)8-19-5-3-13(20)18-15(19)22/h1-3,5,7,11H,4,6,8H2,(H,17,21)(H,18,20,22)/t11-/m0/s1. The Morgan fingerprint density at radius 2 is 2.22 bits per heavy atom. The van der Waals surface area contributed by atoms with Crippen molar-refractivity contribution < 1.29 is 9.18 Å². The van der Waals surface area contributed by atoms with Crippen LogP contribution in [0.4, 0.5) is 4.39 Å². The Bertz CT molecular complexity index is 862. The Morgan fingerprint density at radius 1 is 1.39 bits per heavy atom. The number of fused-ring (bicyclic) bond motifs is 1. The van der Waals surface area contributed by atoms with Crippen LogP contribution in [0.15, 0.2) is 44.9 Å². The van der Waals surface area contributed by atoms with E-state index in [0.29, 0.717) is 6.42 Å². The second-order valence-corrected chi connectivity index (χ2v) is 6.31. The topological polar surface area (TPSA) is 84.0 Å². The summed E-state index contributed by atoms with van der Waals surface area (Å²) < 4.78 is 14.6. The van der Waals surface area contributed by atoms with Gasteiger partial charge in [-0.15, -0.1) is 11.8 Å². The lowest BCUT2D eigenvalue weighted by molar-refractivity contribution is -0.122. The van der Waals surface area contributed by atoms with Gasteiger partial charge in [0, 0.05) is 22.9 Å². The summed E-state index contributed by atoms with van der Waals surface area (Å²) in [5.74, 6) is 0.107. The number of nitrogens with zero attached hydrogens (tertiary/aromatic N) is 1. The minimum absolute atomic E-state index is 0.204. The summed E-state index contributed by atoms with van der Waals surface area (Å²) in [5.41, 5.74) is -0.401. The molecule has 2 aromatic rings. The van der Waals surface area contributed by atoms with Crippen LogP contribution in [0.1, 0.15) is 18.0 Å². The predicted molar refractivity (Wildman–Crippen MR) is 83.9 cm³/mol. The van der Waals surface area contributed by atoms with E-state index in [4.69, 9.17) is 0 Å². The normalized spacial score (nSPS) is 16.7. The number of thioether (sulfide) groups is 1. The molecule has 1 aromatic carbocycles. The van der Waals surface area contributed by atoms with E-state index in [1.807, 2.05) is 0 Å². The second-order valence-electron chi connectivity index (χ2n) is 5.18. The molecule has 1 amide bonds. The fraction of sp³-hybridized carbons (Fsp3) is 0.267. The van der Waals surface area contributed by atoms with E-state index < -0.39 is 11.2 Å². The van der Waals surface area contributed by atoms with Crippen LogP contribution in [0.3, 0.4) is 0 Å². The number of H-pyrrole nitrogens is 1. The number of halogens is 1. The molecule has 0 spiro atoms. The molecular weight excluding hydrogens is 321 g/mol. The molecule has 1 aliphatic heterocycles. The first-order valence-corrected chi connectivity index (χ1v) is 8.03. The van der Waals surface area contributed by atoms with E-state index in [9.17, 15) is 18.8 Å². The van der Waals surface area contributed by atoms with Gasteiger partial charge in [-0.2, -0.15) is 0 Å². The highest BCUT2D eigenvalue weighted by Crippen LogP contribution is 2.36. The van der Waals surface area contributed by atoms with Crippen LogP contribution in [0.2, 0.25) is 0 Å². The molecule has 120 valence electrons. The molecule has 1 aromatic heterocycles. The zero-order valence-corrected chi connectivity index (χ0v) is 12.9. The molecule has 0 aliphatic carbocycles. The van der Waals surface area contributed by atoms with Crippen LogP contribution >= 0.6 is 11.8 Å². The van der Waals surface area contributed by atoms with Crippen molar-refractivity contribution in [2.45, 2.75) is 23.9 Å². The third-order valence-corrected chi connectivity index (χ3v) is 4.68. The molecule has 8 heteroatoms. The number of carbonyl (C=O) groups excluding carboxylic acids is 1. The fourth-order valence-electron chi connectivity index (χ4n) is 2.48. The number of hydrogen-bond acceptors (Lipinski definition) is 4. The van der Waals surface area contributed by atoms with Crippen LogP contribution in [-0.4, -0.2) is 21.2 Å². The summed E-state index contributed by atoms with van der Waals surface area (Å²) >= 11 is 1.62. The predicted octanol–water partition coefficient (Wildman–Crippen LogP) is 1.03. The average molecular weight is 335 g/mol. The lowest BCUT2D eigenvalue weighted by Crippen LogP contribution is -2.37. The SMILES string of the molecule is O=C(Cn1ccc(=O)[nH]c1=O)N[C@H]1CCSc2ccc(F)cc21. The maximum atomic E-state index is 13.4. The summed E-state index contributed by atoms with van der Waals surface area (Å²) in [6.45, 7) is -0.204. The van der Waals surface area contributed by atoms with Crippen molar-refractivity contribution in [3.63, 3.8) is 0 Å². The number of aromatic amines is 1. The highest BCUT2D eigenvalue weighted by Gasteiger charge is 2.23. The van der Waals surface area contributed by atoms with Crippen molar-refractivity contribution in [3.05, 3.63) is 62.7 Å². The molecule has 3 rings (SSSR count). The van der Waals surface area contributed by atoms with Crippen LogP contribution in [0, 0.1) is 5.82 Å². The van der Waals surface area contributed by atoms with Gasteiger partial charge < -0.3 is 5.32 Å². The van der Waals surface area contributed by atoms with E-state index in [2.05, 4.69) is 10.3 Å². The van der Waals surface area contributed by atoms with Crippen molar-refractivity contribution in [2.24, 2.45) is 0 Å². The zero-order valence-electron chi connectivity index (χ0n) is 12.0. The first-order valence-electron chi connectivity index (χ1n) is 7.04. The third-order valence-electron chi connectivity index (χ3n) is 3.56. The maximum absolute atomic E-state index is 13.4. The first-order chi connectivity index (χ1) is 11.0. The zero-order chi connectivity index (χ0) is 16.4. The molecule has 2 heterocycles. The van der Waals surface area contributed by atoms with Crippen molar-refractivity contribution in [1.29, 1.82) is 0 Å². The minimum atomic E-state index is -0.640. The summed E-state index contributed by atoms with van der Waals surface area (Å²) in [6, 6.07) is 5.43. The number of aromatic nitrogens is 2. The van der Waals surface area contributed by atoms with Crippen LogP contribution < -0.4 is 16.6 Å². The number of carbonyl (C=O) groups is 1. The molecule has 1 aliphatic rings. The molecule has 0 radical (unpaired) electrons. The lowest BCUT2D eigenvalue weighted by Gasteiger charge is -2.26. The van der Waals surface area contributed by atoms with E-state index in [1.54, 1.807) is 17.8 Å². The molecular formula is C15H14FN3O3S. The highest BCUT2D eigenvalue weighted by molar-refractivity contribution is 7.99. The lowest BCUT2D eigenvalue weighted by atomic mass is 10.0. The van der Waals surface area contributed by atoms with Gasteiger partial charge in [0.25, 0.3) is 5.56 Å². The van der Waals surface area contributed by atoms with Crippen LogP contribution in [-0.2, 0) is 11.3 Å². The van der Waals surface area contributed by atoms with Gasteiger partial charge in [-0.25, -0.2) is 9.18 Å². The molecule has 0 bridgehead atoms. The summed E-state index contributed by atoms with van der Waals surface area (Å²) in [5, 5.41) is 2.82. The Kier molecular flexibility index (Phi) is 4.33. The third kappa shape index (κ3) is 3.53. The molecule has 23 heavy (non-hydrogen) atoms. The quantitative estimate of drug-likeness (QED) is 0.877. The monoisotopic (exact) mass is 335 g/mol. The highest BCUT2D eigenvalue weighted by atomic mass is 32.2. The smallest absolute Gasteiger partial charge is 0.328 e. The van der Waals surface area contributed by atoms with Crippen LogP contribution in [0.5, 0.6) is 0 Å². The van der Waals surface area contributed by atoms with E-state index >= 15 is 0 Å². The summed E-state index contributed by atoms with van der Waals surface area (Å²) in [6.07, 6.45) is 1.96. The Hall–Kier alpha value is -2.35. The number of rotatable bonds is 3. The molecule has 0 saturated carbocycles. The number of nitrogens with one attached hydrogen (secondary N) is 2. The molecule has 2 N–H and O–H groups in total. The number of benzene rings is 1. The van der Waals surface area contributed by atoms with E-state index in [0.717, 1.165) is 20.8 Å². The minimum Gasteiger partial charge on any atom is -0.348 e.